The largest absolute Gasteiger partial charge is 0.292 e. The van der Waals surface area contributed by atoms with E-state index < -0.39 is 10.0 Å². The Labute approximate surface area is 137 Å². The van der Waals surface area contributed by atoms with Crippen LogP contribution in [-0.4, -0.2) is 28.2 Å². The van der Waals surface area contributed by atoms with Crippen LogP contribution >= 0.6 is 21.6 Å². The molecule has 0 N–H and O–H groups in total. The third kappa shape index (κ3) is 3.14. The van der Waals surface area contributed by atoms with Crippen molar-refractivity contribution in [3.63, 3.8) is 0 Å². The highest BCUT2D eigenvalue weighted by Gasteiger charge is 2.12. The lowest BCUT2D eigenvalue weighted by atomic mass is 10.1. The molecule has 0 bridgehead atoms. The Morgan fingerprint density at radius 2 is 1.77 bits per heavy atom. The maximum Gasteiger partial charge on any atom is 0.138 e. The molecule has 2 aromatic heterocycles. The number of hydrogen-bond acceptors (Lipinski definition) is 1. The van der Waals surface area contributed by atoms with Crippen LogP contribution in [0.3, 0.4) is 0 Å². The molecule has 0 amide bonds. The molecule has 0 aliphatic heterocycles. The Kier molecular flexibility index (Phi) is 3.90. The standard InChI is InChI=1S/C18H17ClN2S/c1-22(2,3)13-11-16-18(14-7-9-15(19)10-8-14)20-17-6-4-5-12-21(16)17/h4-10,12H,1-3H3. The van der Waals surface area contributed by atoms with Gasteiger partial charge in [-0.3, -0.25) is 4.40 Å². The van der Waals surface area contributed by atoms with Crippen molar-refractivity contribution in [3.05, 3.63) is 59.4 Å². The van der Waals surface area contributed by atoms with Crippen molar-refractivity contribution in [1.29, 1.82) is 0 Å². The quantitative estimate of drug-likeness (QED) is 0.594. The molecule has 0 fully saturated rings. The lowest BCUT2D eigenvalue weighted by molar-refractivity contribution is 1.16. The molecule has 4 heteroatoms. The Hall–Kier alpha value is -1.89. The van der Waals surface area contributed by atoms with Gasteiger partial charge in [0, 0.05) is 16.8 Å². The number of fused-ring (bicyclic) bond motifs is 1. The van der Waals surface area contributed by atoms with Gasteiger partial charge in [0.15, 0.2) is 0 Å². The third-order valence-electron chi connectivity index (χ3n) is 3.12. The zero-order valence-corrected chi connectivity index (χ0v) is 14.4. The minimum absolute atomic E-state index is 0.722. The Balaban J connectivity index is 2.24. The van der Waals surface area contributed by atoms with Crippen LogP contribution in [0.5, 0.6) is 0 Å². The van der Waals surface area contributed by atoms with Gasteiger partial charge in [0.25, 0.3) is 0 Å². The molecule has 22 heavy (non-hydrogen) atoms. The Morgan fingerprint density at radius 1 is 1.05 bits per heavy atom. The van der Waals surface area contributed by atoms with E-state index in [1.165, 1.54) is 0 Å². The van der Waals surface area contributed by atoms with Gasteiger partial charge in [0.05, 0.1) is 0 Å². The molecule has 2 heterocycles. The SMILES string of the molecule is CS(C)(C)C#Cc1c(-c2ccc(Cl)cc2)nc2ccccn12. The fourth-order valence-electron chi connectivity index (χ4n) is 2.13. The molecule has 1 aromatic carbocycles. The van der Waals surface area contributed by atoms with E-state index in [9.17, 15) is 0 Å². The molecule has 2 nitrogen and oxygen atoms in total. The van der Waals surface area contributed by atoms with E-state index >= 15 is 0 Å². The molecule has 0 atom stereocenters. The van der Waals surface area contributed by atoms with Gasteiger partial charge < -0.3 is 0 Å². The first-order chi connectivity index (χ1) is 10.4. The summed E-state index contributed by atoms with van der Waals surface area (Å²) < 4.78 is 2.04. The monoisotopic (exact) mass is 328 g/mol. The Bertz CT molecular complexity index is 877. The van der Waals surface area contributed by atoms with Crippen LogP contribution in [0.1, 0.15) is 5.69 Å². The smallest absolute Gasteiger partial charge is 0.138 e. The number of pyridine rings is 1. The van der Waals surface area contributed by atoms with E-state index in [1.807, 2.05) is 53.1 Å². The topological polar surface area (TPSA) is 17.3 Å². The zero-order chi connectivity index (χ0) is 15.7. The van der Waals surface area contributed by atoms with Gasteiger partial charge in [-0.2, -0.15) is 10.0 Å². The number of benzene rings is 1. The van der Waals surface area contributed by atoms with E-state index in [4.69, 9.17) is 16.6 Å². The summed E-state index contributed by atoms with van der Waals surface area (Å²) in [7, 11) is -0.898. The maximum atomic E-state index is 5.99. The summed E-state index contributed by atoms with van der Waals surface area (Å²) in [5.74, 6) is 3.34. The summed E-state index contributed by atoms with van der Waals surface area (Å²) >= 11 is 5.99. The van der Waals surface area contributed by atoms with Crippen LogP contribution < -0.4 is 0 Å². The highest BCUT2D eigenvalue weighted by molar-refractivity contribution is 8.35. The van der Waals surface area contributed by atoms with Gasteiger partial charge >= 0.3 is 0 Å². The van der Waals surface area contributed by atoms with E-state index in [1.54, 1.807) is 0 Å². The number of nitrogens with zero attached hydrogens (tertiary/aromatic N) is 2. The average molecular weight is 329 g/mol. The lowest BCUT2D eigenvalue weighted by Gasteiger charge is -2.14. The first-order valence-electron chi connectivity index (χ1n) is 6.88. The van der Waals surface area contributed by atoms with Crippen LogP contribution in [0, 0.1) is 11.2 Å². The summed E-state index contributed by atoms with van der Waals surface area (Å²) in [5, 5.41) is 4.11. The molecule has 0 saturated carbocycles. The fourth-order valence-corrected chi connectivity index (χ4v) is 2.65. The molecule has 0 radical (unpaired) electrons. The maximum absolute atomic E-state index is 5.99. The second-order valence-corrected chi connectivity index (χ2v) is 10.1. The van der Waals surface area contributed by atoms with E-state index in [2.05, 4.69) is 29.9 Å². The van der Waals surface area contributed by atoms with Gasteiger partial charge in [-0.15, -0.1) is 0 Å². The Morgan fingerprint density at radius 3 is 2.45 bits per heavy atom. The molecule has 0 unspecified atom stereocenters. The molecule has 0 saturated heterocycles. The summed E-state index contributed by atoms with van der Waals surface area (Å²) in [5.41, 5.74) is 3.77. The number of halogens is 1. The van der Waals surface area contributed by atoms with Crippen LogP contribution in [0.25, 0.3) is 16.9 Å². The molecule has 0 aliphatic carbocycles. The van der Waals surface area contributed by atoms with Gasteiger partial charge in [0.1, 0.15) is 17.0 Å². The van der Waals surface area contributed by atoms with Crippen molar-refractivity contribution in [2.45, 2.75) is 0 Å². The zero-order valence-electron chi connectivity index (χ0n) is 12.8. The number of rotatable bonds is 1. The number of imidazole rings is 1. The van der Waals surface area contributed by atoms with Crippen molar-refractivity contribution in [2.75, 3.05) is 18.8 Å². The minimum Gasteiger partial charge on any atom is -0.292 e. The van der Waals surface area contributed by atoms with Gasteiger partial charge in [-0.05, 0) is 54.2 Å². The third-order valence-corrected chi connectivity index (χ3v) is 4.09. The highest BCUT2D eigenvalue weighted by atomic mass is 35.5. The van der Waals surface area contributed by atoms with Crippen LogP contribution in [-0.2, 0) is 0 Å². The van der Waals surface area contributed by atoms with Crippen molar-refractivity contribution in [1.82, 2.24) is 9.38 Å². The van der Waals surface area contributed by atoms with Crippen molar-refractivity contribution >= 4 is 27.3 Å². The molecule has 0 aliphatic rings. The lowest BCUT2D eigenvalue weighted by Crippen LogP contribution is -1.91. The second-order valence-electron chi connectivity index (χ2n) is 5.81. The van der Waals surface area contributed by atoms with Gasteiger partial charge in [0.2, 0.25) is 0 Å². The first kappa shape index (κ1) is 15.0. The van der Waals surface area contributed by atoms with E-state index in [0.717, 1.165) is 27.6 Å². The summed E-state index contributed by atoms with van der Waals surface area (Å²) in [6, 6.07) is 13.7. The molecule has 3 rings (SSSR count). The average Bonchev–Trinajstić information content (AvgIpc) is 2.84. The van der Waals surface area contributed by atoms with Crippen LogP contribution in [0.4, 0.5) is 0 Å². The first-order valence-corrected chi connectivity index (χ1v) is 10.1. The number of hydrogen-bond donors (Lipinski definition) is 0. The van der Waals surface area contributed by atoms with E-state index in [-0.39, 0.29) is 0 Å². The van der Waals surface area contributed by atoms with Crippen molar-refractivity contribution in [3.8, 4) is 22.4 Å². The van der Waals surface area contributed by atoms with E-state index in [0.29, 0.717) is 0 Å². The van der Waals surface area contributed by atoms with Gasteiger partial charge in [-0.1, -0.05) is 29.8 Å². The normalized spacial score (nSPS) is 12.0. The number of aromatic nitrogens is 2. The van der Waals surface area contributed by atoms with Crippen molar-refractivity contribution < 1.29 is 0 Å². The molecular weight excluding hydrogens is 312 g/mol. The second kappa shape index (κ2) is 5.72. The van der Waals surface area contributed by atoms with Gasteiger partial charge in [-0.25, -0.2) is 4.98 Å². The summed E-state index contributed by atoms with van der Waals surface area (Å²) in [4.78, 5) is 4.74. The van der Waals surface area contributed by atoms with Crippen molar-refractivity contribution in [2.24, 2.45) is 0 Å². The predicted octanol–water partition coefficient (Wildman–Crippen LogP) is 4.66. The molecule has 112 valence electrons. The predicted molar refractivity (Wildman–Crippen MR) is 97.9 cm³/mol. The summed E-state index contributed by atoms with van der Waals surface area (Å²) in [6.07, 6.45) is 8.56. The van der Waals surface area contributed by atoms with Crippen LogP contribution in [0.2, 0.25) is 5.02 Å². The fraction of sp³-hybridized carbons (Fsp3) is 0.167. The molecule has 3 aromatic rings. The highest BCUT2D eigenvalue weighted by Crippen LogP contribution is 2.33. The summed E-state index contributed by atoms with van der Waals surface area (Å²) in [6.45, 7) is 0. The minimum atomic E-state index is -0.898. The molecular formula is C18H17ClN2S. The van der Waals surface area contributed by atoms with Crippen LogP contribution in [0.15, 0.2) is 48.7 Å². The molecule has 0 spiro atoms.